The van der Waals surface area contributed by atoms with Crippen LogP contribution in [-0.4, -0.2) is 61.8 Å². The Balaban J connectivity index is 1.45. The van der Waals surface area contributed by atoms with Crippen LogP contribution in [0.25, 0.3) is 28.2 Å². The smallest absolute Gasteiger partial charge is 0.415 e. The van der Waals surface area contributed by atoms with Crippen LogP contribution in [0, 0.1) is 5.92 Å². The average Bonchev–Trinajstić information content (AvgIpc) is 3.55. The number of aliphatic hydroxyl groups is 1. The predicted octanol–water partition coefficient (Wildman–Crippen LogP) is 2.83. The number of ether oxygens (including phenoxy) is 1. The fourth-order valence-corrected chi connectivity index (χ4v) is 3.75. The first-order valence-electron chi connectivity index (χ1n) is 10.6. The van der Waals surface area contributed by atoms with Gasteiger partial charge in [0, 0.05) is 23.9 Å². The Hall–Kier alpha value is -3.99. The summed E-state index contributed by atoms with van der Waals surface area (Å²) in [5.74, 6) is 1.14. The highest BCUT2D eigenvalue weighted by Crippen LogP contribution is 2.30. The van der Waals surface area contributed by atoms with Crippen molar-refractivity contribution >= 4 is 23.6 Å². The van der Waals surface area contributed by atoms with E-state index in [1.165, 1.54) is 0 Å². The summed E-state index contributed by atoms with van der Waals surface area (Å²) < 4.78 is 12.5. The van der Waals surface area contributed by atoms with Crippen LogP contribution in [0.15, 0.2) is 47.1 Å². The molecule has 1 aliphatic heterocycles. The molecule has 1 amide bonds. The number of aromatic nitrogens is 5. The molecule has 170 valence electrons. The zero-order valence-electron chi connectivity index (χ0n) is 18.2. The fourth-order valence-electron chi connectivity index (χ4n) is 3.75. The second kappa shape index (κ2) is 8.51. The molecule has 5 rings (SSSR count). The molecular weight excluding hydrogens is 426 g/mol. The standard InChI is InChI=1S/C22H23N7O4/c1-13(2)17-12-32-22(31)29(17)18-7-9-28-19(25-18)16(11-24-28)14-3-5-15(6-4-14)20-26-27-21(33-20)23-8-10-30/h3-7,9,11,13,17,30H,8,10,12H2,1-2H3,(H,23,27)/t17-/m1/s1. The number of benzene rings is 1. The van der Waals surface area contributed by atoms with Crippen LogP contribution in [-0.2, 0) is 4.74 Å². The van der Waals surface area contributed by atoms with Gasteiger partial charge in [0.05, 0.1) is 18.8 Å². The fraction of sp³-hybridized carbons (Fsp3) is 0.318. The van der Waals surface area contributed by atoms with Gasteiger partial charge in [-0.2, -0.15) is 5.10 Å². The van der Waals surface area contributed by atoms with Crippen molar-refractivity contribution in [2.24, 2.45) is 5.92 Å². The normalized spacial score (nSPS) is 16.1. The molecule has 4 aromatic rings. The minimum absolute atomic E-state index is 0.0289. The first-order valence-corrected chi connectivity index (χ1v) is 10.6. The van der Waals surface area contributed by atoms with E-state index < -0.39 is 0 Å². The molecular formula is C22H23N7O4. The maximum Gasteiger partial charge on any atom is 0.415 e. The van der Waals surface area contributed by atoms with Crippen LogP contribution in [0.3, 0.4) is 0 Å². The largest absolute Gasteiger partial charge is 0.447 e. The Morgan fingerprint density at radius 3 is 2.73 bits per heavy atom. The summed E-state index contributed by atoms with van der Waals surface area (Å²) in [4.78, 5) is 18.7. The summed E-state index contributed by atoms with van der Waals surface area (Å²) >= 11 is 0. The molecule has 33 heavy (non-hydrogen) atoms. The van der Waals surface area contributed by atoms with Gasteiger partial charge in [-0.1, -0.05) is 31.1 Å². The predicted molar refractivity (Wildman–Crippen MR) is 120 cm³/mol. The van der Waals surface area contributed by atoms with Crippen LogP contribution in [0.2, 0.25) is 0 Å². The first kappa shape index (κ1) is 20.9. The second-order valence-corrected chi connectivity index (χ2v) is 8.01. The summed E-state index contributed by atoms with van der Waals surface area (Å²) in [5.41, 5.74) is 3.12. The molecule has 1 fully saturated rings. The summed E-state index contributed by atoms with van der Waals surface area (Å²) in [6, 6.07) is 9.55. The van der Waals surface area contributed by atoms with Crippen LogP contribution in [0.4, 0.5) is 16.6 Å². The highest BCUT2D eigenvalue weighted by molar-refractivity contribution is 5.90. The van der Waals surface area contributed by atoms with Crippen LogP contribution in [0.1, 0.15) is 13.8 Å². The zero-order valence-corrected chi connectivity index (χ0v) is 18.2. The molecule has 1 saturated heterocycles. The van der Waals surface area contributed by atoms with Crippen molar-refractivity contribution in [1.29, 1.82) is 0 Å². The molecule has 0 saturated carbocycles. The minimum Gasteiger partial charge on any atom is -0.447 e. The Labute approximate surface area is 189 Å². The van der Waals surface area contributed by atoms with Gasteiger partial charge in [0.15, 0.2) is 5.65 Å². The molecule has 11 nitrogen and oxygen atoms in total. The van der Waals surface area contributed by atoms with Crippen molar-refractivity contribution in [3.05, 3.63) is 42.7 Å². The number of nitrogens with one attached hydrogen (secondary N) is 1. The van der Waals surface area contributed by atoms with E-state index in [1.807, 2.05) is 24.3 Å². The van der Waals surface area contributed by atoms with Crippen LogP contribution >= 0.6 is 0 Å². The highest BCUT2D eigenvalue weighted by atomic mass is 16.6. The van der Waals surface area contributed by atoms with Gasteiger partial charge in [0.25, 0.3) is 0 Å². The van der Waals surface area contributed by atoms with Crippen molar-refractivity contribution in [3.63, 3.8) is 0 Å². The lowest BCUT2D eigenvalue weighted by Gasteiger charge is -2.23. The number of aliphatic hydroxyl groups excluding tert-OH is 1. The van der Waals surface area contributed by atoms with Crippen LogP contribution < -0.4 is 10.2 Å². The molecule has 0 aliphatic carbocycles. The molecule has 0 unspecified atom stereocenters. The van der Waals surface area contributed by atoms with Gasteiger partial charge in [-0.15, -0.1) is 5.10 Å². The summed E-state index contributed by atoms with van der Waals surface area (Å²) in [7, 11) is 0. The van der Waals surface area contributed by atoms with E-state index in [1.54, 1.807) is 27.9 Å². The number of rotatable bonds is 7. The highest BCUT2D eigenvalue weighted by Gasteiger charge is 2.37. The number of cyclic esters (lactones) is 1. The lowest BCUT2D eigenvalue weighted by atomic mass is 10.0. The Bertz CT molecular complexity index is 1280. The lowest BCUT2D eigenvalue weighted by Crippen LogP contribution is -2.37. The molecule has 3 aromatic heterocycles. The van der Waals surface area contributed by atoms with Gasteiger partial charge in [0.2, 0.25) is 5.89 Å². The quantitative estimate of drug-likeness (QED) is 0.437. The molecule has 1 aromatic carbocycles. The number of fused-ring (bicyclic) bond motifs is 1. The Kier molecular flexibility index (Phi) is 5.38. The van der Waals surface area contributed by atoms with Crippen molar-refractivity contribution in [2.75, 3.05) is 30.0 Å². The van der Waals surface area contributed by atoms with E-state index in [2.05, 4.69) is 34.5 Å². The number of amides is 1. The topological polar surface area (TPSA) is 131 Å². The maximum absolute atomic E-state index is 12.4. The number of nitrogens with zero attached hydrogens (tertiary/aromatic N) is 6. The number of carbonyl (C=O) groups excluding carboxylic acids is 1. The summed E-state index contributed by atoms with van der Waals surface area (Å²) in [5, 5.41) is 24.1. The van der Waals surface area contributed by atoms with E-state index in [0.717, 1.165) is 16.7 Å². The number of hydrogen-bond donors (Lipinski definition) is 2. The molecule has 11 heteroatoms. The number of anilines is 2. The molecule has 1 atom stereocenters. The SMILES string of the molecule is CC(C)[C@H]1COC(=O)N1c1ccn2ncc(-c3ccc(-c4nnc(NCCO)o4)cc3)c2n1. The lowest BCUT2D eigenvalue weighted by molar-refractivity contribution is 0.177. The van der Waals surface area contributed by atoms with Gasteiger partial charge >= 0.3 is 12.1 Å². The van der Waals surface area contributed by atoms with E-state index in [-0.39, 0.29) is 30.7 Å². The van der Waals surface area contributed by atoms with Gasteiger partial charge in [-0.05, 0) is 29.7 Å². The van der Waals surface area contributed by atoms with Gasteiger partial charge in [-0.25, -0.2) is 14.3 Å². The van der Waals surface area contributed by atoms with Crippen molar-refractivity contribution in [2.45, 2.75) is 19.9 Å². The third-order valence-electron chi connectivity index (χ3n) is 5.53. The van der Waals surface area contributed by atoms with E-state index >= 15 is 0 Å². The van der Waals surface area contributed by atoms with Gasteiger partial charge in [-0.3, -0.25) is 4.90 Å². The van der Waals surface area contributed by atoms with Crippen molar-refractivity contribution < 1.29 is 19.1 Å². The molecule has 1 aliphatic rings. The number of carbonyl (C=O) groups is 1. The summed E-state index contributed by atoms with van der Waals surface area (Å²) in [6.45, 7) is 4.76. The Morgan fingerprint density at radius 2 is 1.97 bits per heavy atom. The average molecular weight is 449 g/mol. The molecule has 0 spiro atoms. The Morgan fingerprint density at radius 1 is 1.18 bits per heavy atom. The van der Waals surface area contributed by atoms with E-state index in [0.29, 0.717) is 30.5 Å². The van der Waals surface area contributed by atoms with Crippen molar-refractivity contribution in [3.8, 4) is 22.6 Å². The maximum atomic E-state index is 12.4. The molecule has 2 N–H and O–H groups in total. The van der Waals surface area contributed by atoms with Gasteiger partial charge < -0.3 is 19.6 Å². The third kappa shape index (κ3) is 3.87. The van der Waals surface area contributed by atoms with Crippen molar-refractivity contribution in [1.82, 2.24) is 24.8 Å². The summed E-state index contributed by atoms with van der Waals surface area (Å²) in [6.07, 6.45) is 3.15. The molecule has 0 radical (unpaired) electrons. The zero-order chi connectivity index (χ0) is 22.9. The monoisotopic (exact) mass is 449 g/mol. The first-order chi connectivity index (χ1) is 16.0. The van der Waals surface area contributed by atoms with E-state index in [4.69, 9.17) is 19.2 Å². The van der Waals surface area contributed by atoms with Gasteiger partial charge in [0.1, 0.15) is 12.4 Å². The number of hydrogen-bond acceptors (Lipinski definition) is 9. The van der Waals surface area contributed by atoms with Crippen LogP contribution in [0.5, 0.6) is 0 Å². The minimum atomic E-state index is -0.386. The van der Waals surface area contributed by atoms with E-state index in [9.17, 15) is 4.79 Å². The third-order valence-corrected chi connectivity index (χ3v) is 5.53. The molecule has 0 bridgehead atoms. The molecule has 4 heterocycles. The second-order valence-electron chi connectivity index (χ2n) is 8.01.